The molecule has 1 aromatic heterocycles. The van der Waals surface area contributed by atoms with Crippen molar-refractivity contribution in [2.45, 2.75) is 38.4 Å². The number of hydrogen-bond donors (Lipinski definition) is 1. The number of alkyl halides is 1. The molecule has 8 nitrogen and oxygen atoms in total. The number of likely N-dealkylation sites (tertiary alicyclic amines) is 1. The van der Waals surface area contributed by atoms with E-state index in [1.54, 1.807) is 31.5 Å². The maximum absolute atomic E-state index is 16.4. The third-order valence-electron chi connectivity index (χ3n) is 8.77. The molecule has 2 aliphatic heterocycles. The minimum atomic E-state index is -1.42. The first kappa shape index (κ1) is 31.9. The summed E-state index contributed by atoms with van der Waals surface area (Å²) in [7, 11) is 1.55. The van der Waals surface area contributed by atoms with Gasteiger partial charge in [0.25, 0.3) is 0 Å². The molecule has 2 saturated heterocycles. The zero-order valence-electron chi connectivity index (χ0n) is 24.7. The fourth-order valence-electron chi connectivity index (χ4n) is 6.12. The largest absolute Gasteiger partial charge is 0.497 e. The van der Waals surface area contributed by atoms with Crippen LogP contribution in [-0.4, -0.2) is 85.5 Å². The maximum Gasteiger partial charge on any atom is 0.309 e. The van der Waals surface area contributed by atoms with Gasteiger partial charge in [-0.3, -0.25) is 19.6 Å². The number of aromatic nitrogens is 1. The van der Waals surface area contributed by atoms with Crippen LogP contribution in [0.15, 0.2) is 36.5 Å². The number of nitrogens with zero attached hydrogens (tertiary/aromatic N) is 3. The zero-order chi connectivity index (χ0) is 31.3. The third kappa shape index (κ3) is 7.24. The van der Waals surface area contributed by atoms with Gasteiger partial charge in [-0.05, 0) is 62.5 Å². The first-order chi connectivity index (χ1) is 21.2. The normalized spacial score (nSPS) is 18.3. The number of halogens is 4. The van der Waals surface area contributed by atoms with E-state index in [0.717, 1.165) is 18.7 Å². The number of methoxy groups -OCH3 is 1. The third-order valence-corrected chi connectivity index (χ3v) is 8.77. The molecule has 1 N–H and O–H groups in total. The summed E-state index contributed by atoms with van der Waals surface area (Å²) >= 11 is 0. The van der Waals surface area contributed by atoms with Gasteiger partial charge in [-0.2, -0.15) is 0 Å². The predicted octanol–water partition coefficient (Wildman–Crippen LogP) is 5.53. The van der Waals surface area contributed by atoms with Gasteiger partial charge in [-0.15, -0.1) is 0 Å². The summed E-state index contributed by atoms with van der Waals surface area (Å²) in [4.78, 5) is 21.2. The Balaban J connectivity index is 1.25. The highest BCUT2D eigenvalue weighted by Gasteiger charge is 2.42. The number of piperidine rings is 1. The minimum Gasteiger partial charge on any atom is -0.497 e. The highest BCUT2D eigenvalue weighted by atomic mass is 19.1. The standard InChI is InChI=1S/C32H37F4N3O5/c1-42-23-2-3-28-24(18-23)29(21(19-37-28)20-39-10-13-43-14-11-39)25(34)4-5-32(31(40)41)6-8-38(9-7-32)12-15-44-30-26(35)16-22(33)17-27(30)36/h2-3,16-19,25H,4-15,20H2,1H3,(H,40,41)/t25-/m1/s1. The zero-order valence-corrected chi connectivity index (χ0v) is 24.7. The average molecular weight is 620 g/mol. The summed E-state index contributed by atoms with van der Waals surface area (Å²) in [6.07, 6.45) is 1.03. The first-order valence-corrected chi connectivity index (χ1v) is 14.8. The Kier molecular flexibility index (Phi) is 10.2. The lowest BCUT2D eigenvalue weighted by Crippen LogP contribution is -2.45. The molecule has 0 bridgehead atoms. The van der Waals surface area contributed by atoms with Gasteiger partial charge in [0.15, 0.2) is 17.4 Å². The van der Waals surface area contributed by atoms with E-state index in [1.165, 1.54) is 0 Å². The molecule has 5 rings (SSSR count). The van der Waals surface area contributed by atoms with Gasteiger partial charge in [-0.25, -0.2) is 17.6 Å². The maximum atomic E-state index is 16.4. The van der Waals surface area contributed by atoms with Crippen LogP contribution in [0.3, 0.4) is 0 Å². The number of pyridine rings is 1. The van der Waals surface area contributed by atoms with Crippen molar-refractivity contribution < 1.29 is 41.7 Å². The summed E-state index contributed by atoms with van der Waals surface area (Å²) in [5.41, 5.74) is 0.795. The lowest BCUT2D eigenvalue weighted by atomic mass is 9.74. The van der Waals surface area contributed by atoms with Crippen LogP contribution >= 0.6 is 0 Å². The number of fused-ring (bicyclic) bond motifs is 1. The van der Waals surface area contributed by atoms with Crippen LogP contribution in [0.2, 0.25) is 0 Å². The quantitative estimate of drug-likeness (QED) is 0.265. The fourth-order valence-corrected chi connectivity index (χ4v) is 6.12. The SMILES string of the molecule is COc1ccc2ncc(CN3CCOCC3)c([C@H](F)CCC3(C(=O)O)CCN(CCOc4c(F)cc(F)cc4F)CC3)c2c1. The molecular formula is C32H37F4N3O5. The Labute approximate surface area is 253 Å². The Hall–Kier alpha value is -3.48. The topological polar surface area (TPSA) is 84.4 Å². The molecule has 0 amide bonds. The molecule has 238 valence electrons. The van der Waals surface area contributed by atoms with Crippen LogP contribution in [0, 0.1) is 22.9 Å². The molecule has 0 radical (unpaired) electrons. The number of rotatable bonds is 12. The van der Waals surface area contributed by atoms with Gasteiger partial charge < -0.3 is 19.3 Å². The number of ether oxygens (including phenoxy) is 3. The molecule has 2 fully saturated rings. The molecule has 44 heavy (non-hydrogen) atoms. The van der Waals surface area contributed by atoms with E-state index in [-0.39, 0.29) is 19.4 Å². The van der Waals surface area contributed by atoms with E-state index in [4.69, 9.17) is 14.2 Å². The van der Waals surface area contributed by atoms with Crippen molar-refractivity contribution >= 4 is 16.9 Å². The summed E-state index contributed by atoms with van der Waals surface area (Å²) < 4.78 is 73.4. The molecule has 2 aliphatic rings. The Bertz CT molecular complexity index is 1440. The van der Waals surface area contributed by atoms with Crippen LogP contribution in [0.4, 0.5) is 17.6 Å². The van der Waals surface area contributed by atoms with Gasteiger partial charge in [0.1, 0.15) is 24.3 Å². The van der Waals surface area contributed by atoms with Gasteiger partial charge in [0.2, 0.25) is 0 Å². The highest BCUT2D eigenvalue weighted by molar-refractivity contribution is 5.85. The van der Waals surface area contributed by atoms with Crippen molar-refractivity contribution in [1.29, 1.82) is 0 Å². The van der Waals surface area contributed by atoms with E-state index < -0.39 is 40.8 Å². The summed E-state index contributed by atoms with van der Waals surface area (Å²) in [6, 6.07) is 6.45. The highest BCUT2D eigenvalue weighted by Crippen LogP contribution is 2.42. The monoisotopic (exact) mass is 619 g/mol. The van der Waals surface area contributed by atoms with Gasteiger partial charge >= 0.3 is 5.97 Å². The van der Waals surface area contributed by atoms with Crippen molar-refractivity contribution in [2.24, 2.45) is 5.41 Å². The van der Waals surface area contributed by atoms with E-state index in [9.17, 15) is 23.1 Å². The summed E-state index contributed by atoms with van der Waals surface area (Å²) in [6.45, 7) is 4.21. The van der Waals surface area contributed by atoms with Crippen molar-refractivity contribution in [3.8, 4) is 11.5 Å². The van der Waals surface area contributed by atoms with Crippen LogP contribution in [-0.2, 0) is 16.1 Å². The number of carboxylic acids is 1. The molecule has 12 heteroatoms. The number of morpholine rings is 1. The van der Waals surface area contributed by atoms with Crippen LogP contribution in [0.1, 0.15) is 43.0 Å². The Morgan fingerprint density at radius 3 is 2.43 bits per heavy atom. The fraction of sp³-hybridized carbons (Fsp3) is 0.500. The summed E-state index contributed by atoms with van der Waals surface area (Å²) in [5, 5.41) is 10.9. The second kappa shape index (κ2) is 14.1. The molecule has 3 heterocycles. The molecule has 1 atom stereocenters. The predicted molar refractivity (Wildman–Crippen MR) is 155 cm³/mol. The number of benzene rings is 2. The van der Waals surface area contributed by atoms with E-state index in [0.29, 0.717) is 86.6 Å². The molecule has 0 unspecified atom stereocenters. The number of carbonyl (C=O) groups is 1. The van der Waals surface area contributed by atoms with Crippen molar-refractivity contribution in [2.75, 3.05) is 59.7 Å². The minimum absolute atomic E-state index is 0.0188. The second-order valence-electron chi connectivity index (χ2n) is 11.4. The smallest absolute Gasteiger partial charge is 0.309 e. The molecule has 0 saturated carbocycles. The lowest BCUT2D eigenvalue weighted by molar-refractivity contribution is -0.153. The summed E-state index contributed by atoms with van der Waals surface area (Å²) in [5.74, 6) is -4.31. The Morgan fingerprint density at radius 1 is 1.07 bits per heavy atom. The average Bonchev–Trinajstić information content (AvgIpc) is 3.01. The van der Waals surface area contributed by atoms with Crippen molar-refractivity contribution in [3.05, 3.63) is 65.1 Å². The molecule has 0 spiro atoms. The molecule has 2 aromatic carbocycles. The van der Waals surface area contributed by atoms with Crippen LogP contribution in [0.25, 0.3) is 10.9 Å². The molecule has 3 aromatic rings. The second-order valence-corrected chi connectivity index (χ2v) is 11.4. The first-order valence-electron chi connectivity index (χ1n) is 14.8. The van der Waals surface area contributed by atoms with Gasteiger partial charge in [0, 0.05) is 55.5 Å². The molecular weight excluding hydrogens is 582 g/mol. The van der Waals surface area contributed by atoms with Crippen LogP contribution in [0.5, 0.6) is 11.5 Å². The van der Waals surface area contributed by atoms with Crippen LogP contribution < -0.4 is 9.47 Å². The number of aliphatic carboxylic acids is 1. The number of hydrogen-bond acceptors (Lipinski definition) is 7. The molecule has 0 aliphatic carbocycles. The van der Waals surface area contributed by atoms with E-state index >= 15 is 4.39 Å². The van der Waals surface area contributed by atoms with Gasteiger partial charge in [0.05, 0.1) is 31.3 Å². The van der Waals surface area contributed by atoms with Gasteiger partial charge in [-0.1, -0.05) is 0 Å². The van der Waals surface area contributed by atoms with Crippen molar-refractivity contribution in [3.63, 3.8) is 0 Å². The van der Waals surface area contributed by atoms with E-state index in [1.807, 2.05) is 4.90 Å². The number of carboxylic acid groups (broad SMARTS) is 1. The lowest BCUT2D eigenvalue weighted by Gasteiger charge is -2.39. The van der Waals surface area contributed by atoms with Crippen molar-refractivity contribution in [1.82, 2.24) is 14.8 Å². The Morgan fingerprint density at radius 2 is 1.77 bits per heavy atom. The van der Waals surface area contributed by atoms with E-state index in [2.05, 4.69) is 9.88 Å².